The molecule has 5 atom stereocenters. The summed E-state index contributed by atoms with van der Waals surface area (Å²) in [6.45, 7) is 2.91. The van der Waals surface area contributed by atoms with Gasteiger partial charge in [-0.2, -0.15) is 0 Å². The minimum atomic E-state index is -1.10. The van der Waals surface area contributed by atoms with Crippen LogP contribution in [0.1, 0.15) is 34.6 Å². The first kappa shape index (κ1) is 21.5. The second kappa shape index (κ2) is 8.76. The Bertz CT molecular complexity index is 914. The van der Waals surface area contributed by atoms with E-state index in [-0.39, 0.29) is 0 Å². The quantitative estimate of drug-likeness (QED) is 0.700. The van der Waals surface area contributed by atoms with Crippen molar-refractivity contribution in [2.45, 2.75) is 50.3 Å². The third kappa shape index (κ3) is 4.62. The van der Waals surface area contributed by atoms with Gasteiger partial charge in [-0.25, -0.2) is 9.59 Å². The van der Waals surface area contributed by atoms with Gasteiger partial charge in [-0.1, -0.05) is 36.4 Å². The van der Waals surface area contributed by atoms with Gasteiger partial charge in [0.1, 0.15) is 6.10 Å². The Morgan fingerprint density at radius 1 is 0.968 bits per heavy atom. The van der Waals surface area contributed by atoms with E-state index in [1.54, 1.807) is 74.5 Å². The van der Waals surface area contributed by atoms with Gasteiger partial charge in [-0.15, -0.1) is 0 Å². The standard InChI is InChI=1S/C23H24O8/c1-23(2)30-19-18(28-21(26)15-11-7-4-8-12-15)17(29-22(19)31-23)16(13-24)27-20(25)14-9-5-3-6-10-14/h3-12,16-19,22,24H,13H2,1-2H3/t16?,17-,18?,19?,22-/m1/s1. The molecule has 164 valence electrons. The summed E-state index contributed by atoms with van der Waals surface area (Å²) in [5, 5.41) is 9.94. The lowest BCUT2D eigenvalue weighted by Gasteiger charge is -2.29. The number of carbonyl (C=O) groups excluding carboxylic acids is 2. The summed E-state index contributed by atoms with van der Waals surface area (Å²) in [7, 11) is 0. The van der Waals surface area contributed by atoms with Crippen LogP contribution in [-0.2, 0) is 23.7 Å². The zero-order valence-electron chi connectivity index (χ0n) is 17.2. The predicted octanol–water partition coefficient (Wildman–Crippen LogP) is 2.31. The van der Waals surface area contributed by atoms with Crippen molar-refractivity contribution in [1.29, 1.82) is 0 Å². The minimum absolute atomic E-state index is 0.325. The van der Waals surface area contributed by atoms with E-state index in [1.807, 2.05) is 0 Å². The fourth-order valence-electron chi connectivity index (χ4n) is 3.69. The van der Waals surface area contributed by atoms with Crippen molar-refractivity contribution in [3.05, 3.63) is 71.8 Å². The molecule has 0 saturated carbocycles. The van der Waals surface area contributed by atoms with Gasteiger partial charge >= 0.3 is 11.9 Å². The average molecular weight is 428 g/mol. The first-order valence-corrected chi connectivity index (χ1v) is 10.0. The molecule has 2 saturated heterocycles. The van der Waals surface area contributed by atoms with E-state index >= 15 is 0 Å². The van der Waals surface area contributed by atoms with Crippen molar-refractivity contribution in [3.63, 3.8) is 0 Å². The van der Waals surface area contributed by atoms with Gasteiger partial charge in [0.05, 0.1) is 17.7 Å². The van der Waals surface area contributed by atoms with E-state index in [1.165, 1.54) is 0 Å². The maximum atomic E-state index is 12.7. The normalized spacial score (nSPS) is 27.3. The van der Waals surface area contributed by atoms with Gasteiger partial charge in [0, 0.05) is 0 Å². The van der Waals surface area contributed by atoms with Crippen molar-refractivity contribution < 1.29 is 38.4 Å². The number of esters is 2. The molecule has 8 nitrogen and oxygen atoms in total. The number of rotatable bonds is 6. The first-order valence-electron chi connectivity index (χ1n) is 10.0. The molecule has 8 heteroatoms. The number of ether oxygens (including phenoxy) is 5. The van der Waals surface area contributed by atoms with Crippen LogP contribution >= 0.6 is 0 Å². The molecular weight excluding hydrogens is 404 g/mol. The fraction of sp³-hybridized carbons (Fsp3) is 0.391. The molecule has 2 heterocycles. The second-order valence-electron chi connectivity index (χ2n) is 7.80. The Morgan fingerprint density at radius 3 is 2.13 bits per heavy atom. The van der Waals surface area contributed by atoms with Crippen LogP contribution in [0.25, 0.3) is 0 Å². The van der Waals surface area contributed by atoms with E-state index in [4.69, 9.17) is 23.7 Å². The first-order chi connectivity index (χ1) is 14.9. The Morgan fingerprint density at radius 2 is 1.55 bits per heavy atom. The van der Waals surface area contributed by atoms with Crippen LogP contribution in [0, 0.1) is 0 Å². The fourth-order valence-corrected chi connectivity index (χ4v) is 3.69. The Labute approximate surface area is 179 Å². The van der Waals surface area contributed by atoms with Crippen LogP contribution < -0.4 is 0 Å². The third-order valence-electron chi connectivity index (χ3n) is 5.09. The van der Waals surface area contributed by atoms with Gasteiger partial charge in [0.2, 0.25) is 0 Å². The van der Waals surface area contributed by atoms with Crippen molar-refractivity contribution in [2.24, 2.45) is 0 Å². The molecule has 0 aliphatic carbocycles. The number of aliphatic hydroxyl groups excluding tert-OH is 1. The monoisotopic (exact) mass is 428 g/mol. The molecule has 0 spiro atoms. The third-order valence-corrected chi connectivity index (χ3v) is 5.09. The number of carbonyl (C=O) groups is 2. The summed E-state index contributed by atoms with van der Waals surface area (Å²) in [5.41, 5.74) is 0.676. The topological polar surface area (TPSA) is 101 Å². The Hall–Kier alpha value is -2.78. The molecule has 4 rings (SSSR count). The molecule has 2 aromatic carbocycles. The zero-order chi connectivity index (χ0) is 22.0. The lowest BCUT2D eigenvalue weighted by Crippen LogP contribution is -2.46. The molecule has 3 unspecified atom stereocenters. The van der Waals surface area contributed by atoms with E-state index in [0.29, 0.717) is 11.1 Å². The minimum Gasteiger partial charge on any atom is -0.453 e. The van der Waals surface area contributed by atoms with Crippen LogP contribution in [0.15, 0.2) is 60.7 Å². The van der Waals surface area contributed by atoms with E-state index in [2.05, 4.69) is 0 Å². The molecule has 2 aliphatic rings. The number of aliphatic hydroxyl groups is 1. The van der Waals surface area contributed by atoms with Gasteiger partial charge in [-0.3, -0.25) is 0 Å². The van der Waals surface area contributed by atoms with E-state index < -0.39 is 55.0 Å². The number of benzene rings is 2. The maximum Gasteiger partial charge on any atom is 0.338 e. The SMILES string of the molecule is CC1(C)OC2C(OC(=O)c3ccccc3)[C@@H](C(CO)OC(=O)c3ccccc3)O[C@@H]2O1. The van der Waals surface area contributed by atoms with Crippen LogP contribution in [0.3, 0.4) is 0 Å². The summed E-state index contributed by atoms with van der Waals surface area (Å²) in [6.07, 6.45) is -4.60. The van der Waals surface area contributed by atoms with Gasteiger partial charge < -0.3 is 28.8 Å². The van der Waals surface area contributed by atoms with Crippen molar-refractivity contribution in [2.75, 3.05) is 6.61 Å². The predicted molar refractivity (Wildman–Crippen MR) is 107 cm³/mol. The van der Waals surface area contributed by atoms with Gasteiger partial charge in [0.15, 0.2) is 30.4 Å². The summed E-state index contributed by atoms with van der Waals surface area (Å²) in [6, 6.07) is 16.9. The molecule has 2 fully saturated rings. The number of fused-ring (bicyclic) bond motifs is 1. The molecule has 1 N–H and O–H groups in total. The lowest BCUT2D eigenvalue weighted by molar-refractivity contribution is -0.227. The highest BCUT2D eigenvalue weighted by Crippen LogP contribution is 2.40. The van der Waals surface area contributed by atoms with Crippen LogP contribution in [0.5, 0.6) is 0 Å². The van der Waals surface area contributed by atoms with Crippen LogP contribution in [0.4, 0.5) is 0 Å². The average Bonchev–Trinajstić information content (AvgIpc) is 3.25. The highest BCUT2D eigenvalue weighted by molar-refractivity contribution is 5.90. The molecule has 0 amide bonds. The summed E-state index contributed by atoms with van der Waals surface area (Å²) in [5.74, 6) is -2.15. The molecule has 0 radical (unpaired) electrons. The van der Waals surface area contributed by atoms with Gasteiger partial charge in [0.25, 0.3) is 0 Å². The molecule has 0 aromatic heterocycles. The number of hydrogen-bond acceptors (Lipinski definition) is 8. The summed E-state index contributed by atoms with van der Waals surface area (Å²) < 4.78 is 28.7. The maximum absolute atomic E-state index is 12.7. The number of hydrogen-bond donors (Lipinski definition) is 1. The van der Waals surface area contributed by atoms with Crippen LogP contribution in [-0.4, -0.2) is 60.1 Å². The zero-order valence-corrected chi connectivity index (χ0v) is 17.2. The van der Waals surface area contributed by atoms with Crippen LogP contribution in [0.2, 0.25) is 0 Å². The summed E-state index contributed by atoms with van der Waals surface area (Å²) >= 11 is 0. The van der Waals surface area contributed by atoms with Gasteiger partial charge in [-0.05, 0) is 38.1 Å². The second-order valence-corrected chi connectivity index (χ2v) is 7.80. The highest BCUT2D eigenvalue weighted by Gasteiger charge is 2.59. The van der Waals surface area contributed by atoms with E-state index in [9.17, 15) is 14.7 Å². The molecule has 2 aromatic rings. The van der Waals surface area contributed by atoms with Crippen molar-refractivity contribution in [3.8, 4) is 0 Å². The van der Waals surface area contributed by atoms with Crippen molar-refractivity contribution in [1.82, 2.24) is 0 Å². The highest BCUT2D eigenvalue weighted by atomic mass is 16.8. The Balaban J connectivity index is 1.55. The summed E-state index contributed by atoms with van der Waals surface area (Å²) in [4.78, 5) is 25.2. The Kier molecular flexibility index (Phi) is 6.06. The molecular formula is C23H24O8. The smallest absolute Gasteiger partial charge is 0.338 e. The molecule has 31 heavy (non-hydrogen) atoms. The molecule has 0 bridgehead atoms. The van der Waals surface area contributed by atoms with E-state index in [0.717, 1.165) is 0 Å². The van der Waals surface area contributed by atoms with Crippen molar-refractivity contribution >= 4 is 11.9 Å². The molecule has 2 aliphatic heterocycles. The largest absolute Gasteiger partial charge is 0.453 e. The lowest BCUT2D eigenvalue weighted by atomic mass is 10.1.